The number of rotatable bonds is 6. The number of alkyl halides is 3. The highest BCUT2D eigenvalue weighted by Crippen LogP contribution is 2.35. The Morgan fingerprint density at radius 1 is 1.00 bits per heavy atom. The minimum absolute atomic E-state index is 0.207. The molecule has 0 bridgehead atoms. The predicted octanol–water partition coefficient (Wildman–Crippen LogP) is 5.63. The summed E-state index contributed by atoms with van der Waals surface area (Å²) in [6, 6.07) is 10.7. The van der Waals surface area contributed by atoms with E-state index in [1.54, 1.807) is 6.07 Å². The van der Waals surface area contributed by atoms with Crippen LogP contribution in [0, 0.1) is 13.8 Å². The molecule has 0 aliphatic carbocycles. The van der Waals surface area contributed by atoms with Crippen LogP contribution in [0.15, 0.2) is 36.4 Å². The largest absolute Gasteiger partial charge is 0.573 e. The van der Waals surface area contributed by atoms with E-state index in [9.17, 15) is 13.2 Å². The zero-order valence-electron chi connectivity index (χ0n) is 15.4. The summed E-state index contributed by atoms with van der Waals surface area (Å²) in [7, 11) is 0. The quantitative estimate of drug-likeness (QED) is 0.548. The molecule has 3 rings (SSSR count). The Kier molecular flexibility index (Phi) is 5.46. The molecule has 3 N–H and O–H groups in total. The van der Waals surface area contributed by atoms with E-state index in [2.05, 4.69) is 27.9 Å². The fourth-order valence-electron chi connectivity index (χ4n) is 3.50. The number of hydrogen-bond donors (Lipinski definition) is 2. The van der Waals surface area contributed by atoms with Gasteiger partial charge in [0.05, 0.1) is 0 Å². The van der Waals surface area contributed by atoms with E-state index in [0.717, 1.165) is 58.1 Å². The molecule has 0 radical (unpaired) electrons. The molecule has 0 unspecified atom stereocenters. The highest BCUT2D eigenvalue weighted by Gasteiger charge is 2.31. The van der Waals surface area contributed by atoms with Gasteiger partial charge in [0, 0.05) is 16.6 Å². The lowest BCUT2D eigenvalue weighted by molar-refractivity contribution is -0.274. The maximum atomic E-state index is 12.6. The van der Waals surface area contributed by atoms with Gasteiger partial charge in [0.25, 0.3) is 0 Å². The Morgan fingerprint density at radius 2 is 1.70 bits per heavy atom. The van der Waals surface area contributed by atoms with E-state index in [1.807, 2.05) is 13.8 Å². The van der Waals surface area contributed by atoms with Crippen LogP contribution in [0.4, 0.5) is 13.2 Å². The van der Waals surface area contributed by atoms with Crippen molar-refractivity contribution in [2.45, 2.75) is 39.5 Å². The maximum Gasteiger partial charge on any atom is 0.573 e. The minimum atomic E-state index is -4.71. The summed E-state index contributed by atoms with van der Waals surface area (Å²) in [6.45, 7) is 4.65. The minimum Gasteiger partial charge on any atom is -0.406 e. The Bertz CT molecular complexity index is 924. The lowest BCUT2D eigenvalue weighted by Gasteiger charge is -2.10. The lowest BCUT2D eigenvalue weighted by Crippen LogP contribution is -2.16. The number of hydrogen-bond acceptors (Lipinski definition) is 2. The summed E-state index contributed by atoms with van der Waals surface area (Å²) in [5, 5.41) is 0.753. The van der Waals surface area contributed by atoms with Crippen LogP contribution >= 0.6 is 0 Å². The third-order valence-electron chi connectivity index (χ3n) is 4.50. The highest BCUT2D eigenvalue weighted by molar-refractivity contribution is 5.92. The van der Waals surface area contributed by atoms with Gasteiger partial charge in [-0.3, -0.25) is 0 Å². The number of ether oxygens (including phenoxy) is 1. The van der Waals surface area contributed by atoms with E-state index < -0.39 is 6.36 Å². The number of aromatic amines is 1. The van der Waals surface area contributed by atoms with Crippen LogP contribution in [-0.4, -0.2) is 17.9 Å². The van der Waals surface area contributed by atoms with E-state index in [1.165, 1.54) is 12.1 Å². The molecule has 6 heteroatoms. The smallest absolute Gasteiger partial charge is 0.406 e. The molecule has 1 heterocycles. The molecule has 0 fully saturated rings. The summed E-state index contributed by atoms with van der Waals surface area (Å²) in [5.41, 5.74) is 11.6. The van der Waals surface area contributed by atoms with Crippen molar-refractivity contribution in [2.75, 3.05) is 6.54 Å². The molecule has 0 atom stereocenters. The molecular formula is C21H23F3N2O. The van der Waals surface area contributed by atoms with Crippen molar-refractivity contribution in [3.05, 3.63) is 53.1 Å². The first-order valence-corrected chi connectivity index (χ1v) is 8.96. The molecule has 1 aromatic heterocycles. The van der Waals surface area contributed by atoms with Gasteiger partial charge in [-0.15, -0.1) is 13.2 Å². The summed E-state index contributed by atoms with van der Waals surface area (Å²) in [4.78, 5) is 3.38. The van der Waals surface area contributed by atoms with Gasteiger partial charge in [-0.25, -0.2) is 0 Å². The fourth-order valence-corrected chi connectivity index (χ4v) is 3.50. The van der Waals surface area contributed by atoms with Crippen molar-refractivity contribution in [3.63, 3.8) is 0 Å². The molecule has 0 saturated heterocycles. The molecule has 144 valence electrons. The van der Waals surface area contributed by atoms with Crippen molar-refractivity contribution in [2.24, 2.45) is 5.73 Å². The number of nitrogens with two attached hydrogens (primary N) is 1. The monoisotopic (exact) mass is 376 g/mol. The summed E-state index contributed by atoms with van der Waals surface area (Å²) in [6.07, 6.45) is -2.25. The molecule has 0 amide bonds. The lowest BCUT2D eigenvalue weighted by atomic mass is 9.98. The normalized spacial score (nSPS) is 11.9. The van der Waals surface area contributed by atoms with E-state index in [-0.39, 0.29) is 5.75 Å². The molecule has 0 saturated carbocycles. The first-order valence-electron chi connectivity index (χ1n) is 8.96. The van der Waals surface area contributed by atoms with Crippen molar-refractivity contribution in [3.8, 4) is 17.0 Å². The molecule has 0 aliphatic rings. The van der Waals surface area contributed by atoms with Gasteiger partial charge >= 0.3 is 6.36 Å². The second-order valence-electron chi connectivity index (χ2n) is 6.86. The van der Waals surface area contributed by atoms with Crippen molar-refractivity contribution in [1.29, 1.82) is 0 Å². The first kappa shape index (κ1) is 19.3. The molecule has 3 nitrogen and oxygen atoms in total. The van der Waals surface area contributed by atoms with Crippen LogP contribution in [0.25, 0.3) is 22.2 Å². The Labute approximate surface area is 156 Å². The van der Waals surface area contributed by atoms with Crippen LogP contribution in [-0.2, 0) is 6.42 Å². The zero-order valence-corrected chi connectivity index (χ0v) is 15.4. The molecule has 0 aliphatic heterocycles. The maximum absolute atomic E-state index is 12.6. The Balaban J connectivity index is 2.12. The number of unbranched alkanes of at least 4 members (excludes halogenated alkanes) is 1. The Morgan fingerprint density at radius 3 is 2.33 bits per heavy atom. The number of H-pyrrole nitrogens is 1. The van der Waals surface area contributed by atoms with Crippen LogP contribution in [0.5, 0.6) is 5.75 Å². The van der Waals surface area contributed by atoms with Crippen LogP contribution in [0.3, 0.4) is 0 Å². The molecule has 3 aromatic rings. The number of halogens is 3. The SMILES string of the molecule is Cc1cc(C)cc(-c2[nH]c3ccc(OC(F)(F)F)cc3c2CCCCN)c1. The number of benzene rings is 2. The van der Waals surface area contributed by atoms with Gasteiger partial charge in [0.2, 0.25) is 0 Å². The fraction of sp³-hybridized carbons (Fsp3) is 0.333. The third-order valence-corrected chi connectivity index (χ3v) is 4.50. The van der Waals surface area contributed by atoms with Crippen molar-refractivity contribution >= 4 is 10.9 Å². The first-order chi connectivity index (χ1) is 12.8. The van der Waals surface area contributed by atoms with Gasteiger partial charge in [0.15, 0.2) is 0 Å². The van der Waals surface area contributed by atoms with E-state index in [0.29, 0.717) is 6.54 Å². The second-order valence-corrected chi connectivity index (χ2v) is 6.86. The van der Waals surface area contributed by atoms with Crippen LogP contribution in [0.1, 0.15) is 29.5 Å². The molecule has 2 aromatic carbocycles. The van der Waals surface area contributed by atoms with Gasteiger partial charge in [-0.2, -0.15) is 0 Å². The van der Waals surface area contributed by atoms with Crippen molar-refractivity contribution < 1.29 is 17.9 Å². The van der Waals surface area contributed by atoms with Crippen LogP contribution < -0.4 is 10.5 Å². The van der Waals surface area contributed by atoms with Gasteiger partial charge in [-0.1, -0.05) is 17.2 Å². The summed E-state index contributed by atoms with van der Waals surface area (Å²) >= 11 is 0. The predicted molar refractivity (Wildman–Crippen MR) is 102 cm³/mol. The van der Waals surface area contributed by atoms with E-state index >= 15 is 0 Å². The third kappa shape index (κ3) is 4.63. The summed E-state index contributed by atoms with van der Waals surface area (Å²) < 4.78 is 41.9. The van der Waals surface area contributed by atoms with Crippen molar-refractivity contribution in [1.82, 2.24) is 4.98 Å². The number of nitrogens with one attached hydrogen (secondary N) is 1. The van der Waals surface area contributed by atoms with Gasteiger partial charge < -0.3 is 15.5 Å². The molecule has 27 heavy (non-hydrogen) atoms. The average Bonchev–Trinajstić information content (AvgIpc) is 2.91. The standard InChI is InChI=1S/C21H23F3N2O/c1-13-9-14(2)11-15(10-13)20-17(5-3-4-8-25)18-12-16(27-21(22,23)24)6-7-19(18)26-20/h6-7,9-12,26H,3-5,8,25H2,1-2H3. The van der Waals surface area contributed by atoms with Gasteiger partial charge in [0.1, 0.15) is 5.75 Å². The summed E-state index contributed by atoms with van der Waals surface area (Å²) in [5.74, 6) is -0.207. The topological polar surface area (TPSA) is 51.0 Å². The molecular weight excluding hydrogens is 353 g/mol. The van der Waals surface area contributed by atoms with E-state index in [4.69, 9.17) is 5.73 Å². The van der Waals surface area contributed by atoms with Crippen LogP contribution in [0.2, 0.25) is 0 Å². The number of aromatic nitrogens is 1. The number of aryl methyl sites for hydroxylation is 3. The molecule has 0 spiro atoms. The highest BCUT2D eigenvalue weighted by atomic mass is 19.4. The van der Waals surface area contributed by atoms with Gasteiger partial charge in [-0.05, 0) is 81.1 Å². The Hall–Kier alpha value is -2.47. The number of fused-ring (bicyclic) bond motifs is 1. The average molecular weight is 376 g/mol. The zero-order chi connectivity index (χ0) is 19.6. The second kappa shape index (κ2) is 7.64.